The zero-order valence-electron chi connectivity index (χ0n) is 16.2. The van der Waals surface area contributed by atoms with Gasteiger partial charge in [0, 0.05) is 32.7 Å². The number of aliphatic imine (C=N–C) groups is 1. The number of hydrogen-bond acceptors (Lipinski definition) is 3. The predicted octanol–water partition coefficient (Wildman–Crippen LogP) is 2.14. The van der Waals surface area contributed by atoms with Gasteiger partial charge >= 0.3 is 0 Å². The summed E-state index contributed by atoms with van der Waals surface area (Å²) in [4.78, 5) is 18.1. The van der Waals surface area contributed by atoms with Gasteiger partial charge in [0.25, 0.3) is 5.91 Å². The molecule has 144 valence electrons. The highest BCUT2D eigenvalue weighted by molar-refractivity contribution is 5.93. The Hall–Kier alpha value is -2.08. The predicted molar refractivity (Wildman–Crippen MR) is 105 cm³/mol. The maximum atomic E-state index is 11.9. The third kappa shape index (κ3) is 6.02. The van der Waals surface area contributed by atoms with Crippen molar-refractivity contribution < 1.29 is 9.90 Å². The average molecular weight is 361 g/mol. The number of rotatable bonds is 6. The lowest BCUT2D eigenvalue weighted by atomic mass is 9.85. The molecule has 1 aliphatic carbocycles. The minimum absolute atomic E-state index is 0.00391. The van der Waals surface area contributed by atoms with Gasteiger partial charge in [0.2, 0.25) is 0 Å². The van der Waals surface area contributed by atoms with Crippen molar-refractivity contribution in [3.8, 4) is 0 Å². The van der Waals surface area contributed by atoms with Crippen molar-refractivity contribution in [1.82, 2.24) is 15.5 Å². The van der Waals surface area contributed by atoms with Crippen molar-refractivity contribution in [3.05, 3.63) is 35.4 Å². The number of nitrogens with one attached hydrogen (secondary N) is 2. The SMILES string of the molecule is CCNC(=NCc1ccc(C(=O)N(C)C)cc1)NCC1(O)CCCCC1. The summed E-state index contributed by atoms with van der Waals surface area (Å²) in [5.41, 5.74) is 1.09. The van der Waals surface area contributed by atoms with Crippen LogP contribution in [0, 0.1) is 0 Å². The van der Waals surface area contributed by atoms with Crippen LogP contribution in [0.15, 0.2) is 29.3 Å². The van der Waals surface area contributed by atoms with Crippen molar-refractivity contribution in [2.75, 3.05) is 27.2 Å². The van der Waals surface area contributed by atoms with Gasteiger partial charge in [-0.2, -0.15) is 0 Å². The summed E-state index contributed by atoms with van der Waals surface area (Å²) in [6, 6.07) is 7.52. The summed E-state index contributed by atoms with van der Waals surface area (Å²) < 4.78 is 0. The molecule has 0 aliphatic heterocycles. The van der Waals surface area contributed by atoms with Gasteiger partial charge in [-0.05, 0) is 37.5 Å². The summed E-state index contributed by atoms with van der Waals surface area (Å²) >= 11 is 0. The Kier molecular flexibility index (Phi) is 7.45. The fourth-order valence-corrected chi connectivity index (χ4v) is 3.16. The van der Waals surface area contributed by atoms with E-state index >= 15 is 0 Å². The highest BCUT2D eigenvalue weighted by Crippen LogP contribution is 2.27. The summed E-state index contributed by atoms with van der Waals surface area (Å²) in [6.07, 6.45) is 5.08. The molecule has 3 N–H and O–H groups in total. The highest BCUT2D eigenvalue weighted by Gasteiger charge is 2.29. The second-order valence-corrected chi connectivity index (χ2v) is 7.23. The van der Waals surface area contributed by atoms with Crippen LogP contribution in [0.1, 0.15) is 54.9 Å². The van der Waals surface area contributed by atoms with E-state index in [9.17, 15) is 9.90 Å². The molecule has 1 fully saturated rings. The molecule has 0 aromatic heterocycles. The Morgan fingerprint density at radius 1 is 1.15 bits per heavy atom. The van der Waals surface area contributed by atoms with E-state index in [0.29, 0.717) is 24.6 Å². The van der Waals surface area contributed by atoms with Crippen LogP contribution in [0.5, 0.6) is 0 Å². The molecular weight excluding hydrogens is 328 g/mol. The molecule has 1 aromatic rings. The number of carbonyl (C=O) groups is 1. The van der Waals surface area contributed by atoms with Crippen LogP contribution in [-0.2, 0) is 6.54 Å². The zero-order chi connectivity index (χ0) is 19.0. The van der Waals surface area contributed by atoms with Gasteiger partial charge < -0.3 is 20.6 Å². The first kappa shape index (κ1) is 20.2. The maximum Gasteiger partial charge on any atom is 0.253 e. The number of benzene rings is 1. The van der Waals surface area contributed by atoms with E-state index in [4.69, 9.17) is 0 Å². The minimum Gasteiger partial charge on any atom is -0.388 e. The van der Waals surface area contributed by atoms with Crippen molar-refractivity contribution >= 4 is 11.9 Å². The average Bonchev–Trinajstić information content (AvgIpc) is 2.64. The van der Waals surface area contributed by atoms with Crippen LogP contribution in [0.4, 0.5) is 0 Å². The van der Waals surface area contributed by atoms with Gasteiger partial charge in [-0.3, -0.25) is 4.79 Å². The second kappa shape index (κ2) is 9.57. The van der Waals surface area contributed by atoms with E-state index in [1.54, 1.807) is 19.0 Å². The minimum atomic E-state index is -0.622. The van der Waals surface area contributed by atoms with Crippen molar-refractivity contribution in [1.29, 1.82) is 0 Å². The molecule has 0 spiro atoms. The Labute approximate surface area is 156 Å². The Morgan fingerprint density at radius 2 is 1.81 bits per heavy atom. The summed E-state index contributed by atoms with van der Waals surface area (Å²) in [6.45, 7) is 3.83. The summed E-state index contributed by atoms with van der Waals surface area (Å²) in [7, 11) is 3.49. The van der Waals surface area contributed by atoms with Crippen LogP contribution >= 0.6 is 0 Å². The normalized spacial score (nSPS) is 16.8. The molecule has 2 rings (SSSR count). The standard InChI is InChI=1S/C20H32N4O2/c1-4-21-19(23-15-20(26)12-6-5-7-13-20)22-14-16-8-10-17(11-9-16)18(25)24(2)3/h8-11,26H,4-7,12-15H2,1-3H3,(H2,21,22,23). The van der Waals surface area contributed by atoms with E-state index in [-0.39, 0.29) is 5.91 Å². The molecule has 6 heteroatoms. The lowest BCUT2D eigenvalue weighted by Crippen LogP contribution is -2.48. The number of amides is 1. The fraction of sp³-hybridized carbons (Fsp3) is 0.600. The monoisotopic (exact) mass is 360 g/mol. The molecule has 0 heterocycles. The number of hydrogen-bond donors (Lipinski definition) is 3. The quantitative estimate of drug-likeness (QED) is 0.537. The van der Waals surface area contributed by atoms with E-state index in [0.717, 1.165) is 37.8 Å². The molecule has 26 heavy (non-hydrogen) atoms. The molecular formula is C20H32N4O2. The lowest BCUT2D eigenvalue weighted by Gasteiger charge is -2.32. The molecule has 1 saturated carbocycles. The zero-order valence-corrected chi connectivity index (χ0v) is 16.2. The lowest BCUT2D eigenvalue weighted by molar-refractivity contribution is 0.00858. The largest absolute Gasteiger partial charge is 0.388 e. The van der Waals surface area contributed by atoms with Gasteiger partial charge in [-0.25, -0.2) is 4.99 Å². The highest BCUT2D eigenvalue weighted by atomic mass is 16.3. The number of aliphatic hydroxyl groups is 1. The molecule has 0 atom stereocenters. The Morgan fingerprint density at radius 3 is 2.38 bits per heavy atom. The Balaban J connectivity index is 1.94. The molecule has 6 nitrogen and oxygen atoms in total. The van der Waals surface area contributed by atoms with Crippen LogP contribution in [0.25, 0.3) is 0 Å². The molecule has 1 aromatic carbocycles. The fourth-order valence-electron chi connectivity index (χ4n) is 3.16. The molecule has 0 unspecified atom stereocenters. The van der Waals surface area contributed by atoms with E-state index in [1.807, 2.05) is 31.2 Å². The smallest absolute Gasteiger partial charge is 0.253 e. The van der Waals surface area contributed by atoms with Gasteiger partial charge in [-0.1, -0.05) is 31.4 Å². The van der Waals surface area contributed by atoms with Crippen molar-refractivity contribution in [2.24, 2.45) is 4.99 Å². The molecule has 1 amide bonds. The van der Waals surface area contributed by atoms with Crippen LogP contribution in [0.3, 0.4) is 0 Å². The molecule has 0 bridgehead atoms. The first-order valence-corrected chi connectivity index (χ1v) is 9.49. The first-order valence-electron chi connectivity index (χ1n) is 9.49. The number of guanidine groups is 1. The van der Waals surface area contributed by atoms with Gasteiger partial charge in [0.15, 0.2) is 5.96 Å². The van der Waals surface area contributed by atoms with Crippen LogP contribution in [0.2, 0.25) is 0 Å². The number of nitrogens with zero attached hydrogens (tertiary/aromatic N) is 2. The third-order valence-corrected chi connectivity index (χ3v) is 4.74. The van der Waals surface area contributed by atoms with E-state index < -0.39 is 5.60 Å². The van der Waals surface area contributed by atoms with Gasteiger partial charge in [-0.15, -0.1) is 0 Å². The van der Waals surface area contributed by atoms with Crippen LogP contribution < -0.4 is 10.6 Å². The van der Waals surface area contributed by atoms with Crippen molar-refractivity contribution in [3.63, 3.8) is 0 Å². The Bertz CT molecular complexity index is 605. The summed E-state index contributed by atoms with van der Waals surface area (Å²) in [5.74, 6) is 0.704. The van der Waals surface area contributed by atoms with Crippen molar-refractivity contribution in [2.45, 2.75) is 51.2 Å². The second-order valence-electron chi connectivity index (χ2n) is 7.23. The van der Waals surface area contributed by atoms with E-state index in [1.165, 1.54) is 6.42 Å². The third-order valence-electron chi connectivity index (χ3n) is 4.74. The topological polar surface area (TPSA) is 77.0 Å². The number of carbonyl (C=O) groups excluding carboxylic acids is 1. The van der Waals surface area contributed by atoms with Gasteiger partial charge in [0.05, 0.1) is 12.1 Å². The van der Waals surface area contributed by atoms with Gasteiger partial charge in [0.1, 0.15) is 0 Å². The molecule has 1 aliphatic rings. The molecule has 0 radical (unpaired) electrons. The molecule has 0 saturated heterocycles. The van der Waals surface area contributed by atoms with E-state index in [2.05, 4.69) is 15.6 Å². The first-order chi connectivity index (χ1) is 12.4. The van der Waals surface area contributed by atoms with Crippen LogP contribution in [-0.4, -0.2) is 54.7 Å². The summed E-state index contributed by atoms with van der Waals surface area (Å²) in [5, 5.41) is 17.1. The maximum absolute atomic E-state index is 11.9.